The Morgan fingerprint density at radius 3 is 3.00 bits per heavy atom. The summed E-state index contributed by atoms with van der Waals surface area (Å²) in [5.41, 5.74) is 1.05. The number of rotatable bonds is 4. The molecule has 0 aliphatic carbocycles. The fourth-order valence-electron chi connectivity index (χ4n) is 1.78. The highest BCUT2D eigenvalue weighted by Crippen LogP contribution is 2.33. The van der Waals surface area contributed by atoms with Crippen molar-refractivity contribution < 1.29 is 14.3 Å². The molecule has 0 bridgehead atoms. The number of alkyl halides is 1. The number of amides is 1. The molecular weight excluding hydrogens is 254 g/mol. The molecule has 0 atom stereocenters. The molecule has 0 fully saturated rings. The molecule has 1 aromatic rings. The van der Waals surface area contributed by atoms with E-state index in [1.807, 2.05) is 0 Å². The number of anilines is 1. The first kappa shape index (κ1) is 12.6. The third kappa shape index (κ3) is 2.24. The predicted molar refractivity (Wildman–Crippen MR) is 69.5 cm³/mol. The fourth-order valence-corrected chi connectivity index (χ4v) is 1.94. The van der Waals surface area contributed by atoms with E-state index >= 15 is 0 Å². The van der Waals surface area contributed by atoms with Crippen molar-refractivity contribution in [2.24, 2.45) is 0 Å². The summed E-state index contributed by atoms with van der Waals surface area (Å²) in [5.74, 6) is 0.159. The number of ether oxygens (including phenoxy) is 1. The van der Waals surface area contributed by atoms with Crippen LogP contribution in [0, 0.1) is 0 Å². The van der Waals surface area contributed by atoms with E-state index in [0.717, 1.165) is 0 Å². The summed E-state index contributed by atoms with van der Waals surface area (Å²) in [4.78, 5) is 24.8. The third-order valence-electron chi connectivity index (χ3n) is 2.66. The first-order valence-corrected chi connectivity index (χ1v) is 5.98. The highest BCUT2D eigenvalue weighted by atomic mass is 35.5. The highest BCUT2D eigenvalue weighted by molar-refractivity contribution is 6.30. The van der Waals surface area contributed by atoms with Crippen molar-refractivity contribution in [3.63, 3.8) is 0 Å². The normalized spacial score (nSPS) is 13.8. The summed E-state index contributed by atoms with van der Waals surface area (Å²) in [5, 5.41) is 0. The summed E-state index contributed by atoms with van der Waals surface area (Å²) in [6, 6.07) is 4.95. The molecule has 1 aliphatic rings. The zero-order chi connectivity index (χ0) is 13.1. The molecule has 0 spiro atoms. The van der Waals surface area contributed by atoms with Crippen LogP contribution in [0.15, 0.2) is 30.9 Å². The number of benzene rings is 1. The number of ketones is 1. The SMILES string of the molecule is C=CCN1C(=O)COc2ccc(C(=O)CCl)cc21. The van der Waals surface area contributed by atoms with E-state index in [1.54, 1.807) is 24.3 Å². The van der Waals surface area contributed by atoms with E-state index in [2.05, 4.69) is 6.58 Å². The molecule has 0 aromatic heterocycles. The summed E-state index contributed by atoms with van der Waals surface area (Å²) in [7, 11) is 0. The van der Waals surface area contributed by atoms with Gasteiger partial charge in [0.15, 0.2) is 12.4 Å². The quantitative estimate of drug-likeness (QED) is 0.475. The highest BCUT2D eigenvalue weighted by Gasteiger charge is 2.25. The largest absolute Gasteiger partial charge is 0.482 e. The Bertz CT molecular complexity index is 513. The van der Waals surface area contributed by atoms with E-state index in [-0.39, 0.29) is 24.2 Å². The molecule has 94 valence electrons. The van der Waals surface area contributed by atoms with E-state index in [0.29, 0.717) is 23.5 Å². The van der Waals surface area contributed by atoms with Gasteiger partial charge in [-0.2, -0.15) is 0 Å². The van der Waals surface area contributed by atoms with Gasteiger partial charge in [-0.05, 0) is 18.2 Å². The van der Waals surface area contributed by atoms with Gasteiger partial charge in [0.25, 0.3) is 5.91 Å². The van der Waals surface area contributed by atoms with Crippen LogP contribution in [0.25, 0.3) is 0 Å². The maximum atomic E-state index is 11.7. The number of hydrogen-bond donors (Lipinski definition) is 0. The second-order valence-corrected chi connectivity index (χ2v) is 4.09. The van der Waals surface area contributed by atoms with Crippen LogP contribution in [0.5, 0.6) is 5.75 Å². The van der Waals surface area contributed by atoms with Gasteiger partial charge in [0.2, 0.25) is 0 Å². The second kappa shape index (κ2) is 5.23. The fraction of sp³-hybridized carbons (Fsp3) is 0.231. The molecule has 4 nitrogen and oxygen atoms in total. The van der Waals surface area contributed by atoms with Crippen molar-refractivity contribution in [1.82, 2.24) is 0 Å². The van der Waals surface area contributed by atoms with Gasteiger partial charge >= 0.3 is 0 Å². The summed E-state index contributed by atoms with van der Waals surface area (Å²) in [6.45, 7) is 4.00. The molecule has 0 saturated heterocycles. The number of fused-ring (bicyclic) bond motifs is 1. The summed E-state index contributed by atoms with van der Waals surface area (Å²) in [6.07, 6.45) is 1.63. The zero-order valence-corrected chi connectivity index (χ0v) is 10.4. The van der Waals surface area contributed by atoms with Gasteiger partial charge in [0.1, 0.15) is 5.75 Å². The Hall–Kier alpha value is -1.81. The molecule has 2 rings (SSSR count). The Balaban J connectivity index is 2.44. The molecule has 5 heteroatoms. The average molecular weight is 266 g/mol. The molecule has 0 saturated carbocycles. The number of Topliss-reactive ketones (excluding diaryl/α,β-unsaturated/α-hetero) is 1. The molecular formula is C13H12ClNO3. The van der Waals surface area contributed by atoms with Gasteiger partial charge in [-0.1, -0.05) is 6.08 Å². The Labute approximate surface area is 110 Å². The van der Waals surface area contributed by atoms with E-state index < -0.39 is 0 Å². The van der Waals surface area contributed by atoms with Gasteiger partial charge in [-0.15, -0.1) is 18.2 Å². The molecule has 1 aromatic carbocycles. The first-order valence-electron chi connectivity index (χ1n) is 5.44. The maximum Gasteiger partial charge on any atom is 0.265 e. The van der Waals surface area contributed by atoms with Crippen LogP contribution in [0.3, 0.4) is 0 Å². The van der Waals surface area contributed by atoms with E-state index in [1.165, 1.54) is 4.90 Å². The average Bonchev–Trinajstić information content (AvgIpc) is 2.40. The maximum absolute atomic E-state index is 11.7. The molecule has 1 amide bonds. The van der Waals surface area contributed by atoms with Crippen LogP contribution >= 0.6 is 11.6 Å². The van der Waals surface area contributed by atoms with Gasteiger partial charge < -0.3 is 9.64 Å². The minimum atomic E-state index is -0.184. The Kier molecular flexibility index (Phi) is 3.67. The smallest absolute Gasteiger partial charge is 0.265 e. The van der Waals surface area contributed by atoms with Crippen molar-refractivity contribution in [2.45, 2.75) is 0 Å². The van der Waals surface area contributed by atoms with Crippen LogP contribution in [-0.2, 0) is 4.79 Å². The van der Waals surface area contributed by atoms with Crippen molar-refractivity contribution >= 4 is 29.0 Å². The number of halogens is 1. The minimum Gasteiger partial charge on any atom is -0.482 e. The number of carbonyl (C=O) groups excluding carboxylic acids is 2. The van der Waals surface area contributed by atoms with Gasteiger partial charge in [-0.25, -0.2) is 0 Å². The standard InChI is InChI=1S/C13H12ClNO3/c1-2-5-15-10-6-9(11(16)7-14)3-4-12(10)18-8-13(15)17/h2-4,6H,1,5,7-8H2. The summed E-state index contributed by atoms with van der Waals surface area (Å²) < 4.78 is 5.31. The minimum absolute atomic E-state index is 0.00361. The predicted octanol–water partition coefficient (Wildman–Crippen LogP) is 2.02. The van der Waals surface area contributed by atoms with Crippen molar-refractivity contribution in [3.8, 4) is 5.75 Å². The van der Waals surface area contributed by atoms with Gasteiger partial charge in [-0.3, -0.25) is 9.59 Å². The van der Waals surface area contributed by atoms with Crippen LogP contribution in [-0.4, -0.2) is 30.7 Å². The number of hydrogen-bond acceptors (Lipinski definition) is 3. The third-order valence-corrected chi connectivity index (χ3v) is 2.90. The number of nitrogens with zero attached hydrogens (tertiary/aromatic N) is 1. The van der Waals surface area contributed by atoms with Gasteiger partial charge in [0, 0.05) is 12.1 Å². The van der Waals surface area contributed by atoms with Crippen LogP contribution in [0.1, 0.15) is 10.4 Å². The molecule has 0 radical (unpaired) electrons. The van der Waals surface area contributed by atoms with E-state index in [9.17, 15) is 9.59 Å². The lowest BCUT2D eigenvalue weighted by Crippen LogP contribution is -2.38. The van der Waals surface area contributed by atoms with Crippen LogP contribution < -0.4 is 9.64 Å². The lowest BCUT2D eigenvalue weighted by atomic mass is 10.1. The number of carbonyl (C=O) groups is 2. The Morgan fingerprint density at radius 2 is 2.33 bits per heavy atom. The lowest BCUT2D eigenvalue weighted by Gasteiger charge is -2.28. The van der Waals surface area contributed by atoms with Gasteiger partial charge in [0.05, 0.1) is 11.6 Å². The first-order chi connectivity index (χ1) is 8.67. The topological polar surface area (TPSA) is 46.6 Å². The monoisotopic (exact) mass is 265 g/mol. The molecule has 18 heavy (non-hydrogen) atoms. The lowest BCUT2D eigenvalue weighted by molar-refractivity contribution is -0.121. The van der Waals surface area contributed by atoms with Crippen molar-refractivity contribution in [1.29, 1.82) is 0 Å². The second-order valence-electron chi connectivity index (χ2n) is 3.82. The Morgan fingerprint density at radius 1 is 1.56 bits per heavy atom. The van der Waals surface area contributed by atoms with Crippen molar-refractivity contribution in [2.75, 3.05) is 23.9 Å². The molecule has 1 aliphatic heterocycles. The zero-order valence-electron chi connectivity index (χ0n) is 9.69. The molecule has 1 heterocycles. The molecule has 0 N–H and O–H groups in total. The van der Waals surface area contributed by atoms with Crippen LogP contribution in [0.4, 0.5) is 5.69 Å². The van der Waals surface area contributed by atoms with Crippen LogP contribution in [0.2, 0.25) is 0 Å². The van der Waals surface area contributed by atoms with E-state index in [4.69, 9.17) is 16.3 Å². The summed E-state index contributed by atoms with van der Waals surface area (Å²) >= 11 is 5.52. The molecule has 0 unspecified atom stereocenters. The van der Waals surface area contributed by atoms with Crippen molar-refractivity contribution in [3.05, 3.63) is 36.4 Å².